The monoisotopic (exact) mass is 545 g/mol. The molecule has 2 aromatic carbocycles. The topological polar surface area (TPSA) is 75.9 Å². The summed E-state index contributed by atoms with van der Waals surface area (Å²) in [6.45, 7) is 7.30. The zero-order chi connectivity index (χ0) is 27.9. The molecule has 38 heavy (non-hydrogen) atoms. The molecule has 202 valence electrons. The van der Waals surface area contributed by atoms with E-state index in [2.05, 4.69) is 91.3 Å². The second-order valence-electron chi connectivity index (χ2n) is 8.59. The number of ether oxygens (including phenoxy) is 1. The van der Waals surface area contributed by atoms with Gasteiger partial charge in [-0.15, -0.1) is 11.8 Å². The molecule has 0 saturated heterocycles. The van der Waals surface area contributed by atoms with Crippen molar-refractivity contribution >= 4 is 29.2 Å². The summed E-state index contributed by atoms with van der Waals surface area (Å²) in [5, 5.41) is 11.3. The number of anilines is 1. The fourth-order valence-electron chi connectivity index (χ4n) is 3.52. The van der Waals surface area contributed by atoms with Gasteiger partial charge in [0.25, 0.3) is 0 Å². The standard InChI is InChI=1S/C26H29N3OS.C2HF3O2/c1-5-19(3)31-23-15-21(12-13-22(23)30-4)25-26(27-16-20-9-7-6-8-10-20)29-17-18(2)11-14-24(29)28-25;3-2(4,5)1(6)7/h6-15,17,19,27H,5,16H2,1-4H3;(H,6,7). The second kappa shape index (κ2) is 12.7. The summed E-state index contributed by atoms with van der Waals surface area (Å²) in [4.78, 5) is 15.0. The smallest absolute Gasteiger partial charge is 0.490 e. The number of aryl methyl sites for hydroxylation is 1. The first-order valence-corrected chi connectivity index (χ1v) is 12.8. The van der Waals surface area contributed by atoms with Crippen LogP contribution in [0.25, 0.3) is 16.9 Å². The third kappa shape index (κ3) is 7.44. The molecule has 2 heterocycles. The number of hydrogen-bond acceptors (Lipinski definition) is 5. The highest BCUT2D eigenvalue weighted by Gasteiger charge is 2.38. The molecule has 0 spiro atoms. The number of imidazole rings is 1. The predicted molar refractivity (Wildman–Crippen MR) is 145 cm³/mol. The van der Waals surface area contributed by atoms with Crippen molar-refractivity contribution in [2.24, 2.45) is 0 Å². The van der Waals surface area contributed by atoms with E-state index in [1.807, 2.05) is 17.8 Å². The minimum absolute atomic E-state index is 0.517. The van der Waals surface area contributed by atoms with Crippen molar-refractivity contribution in [3.05, 3.63) is 78.0 Å². The summed E-state index contributed by atoms with van der Waals surface area (Å²) in [5.41, 5.74) is 5.41. The molecule has 2 N–H and O–H groups in total. The lowest BCUT2D eigenvalue weighted by molar-refractivity contribution is -0.192. The van der Waals surface area contributed by atoms with Gasteiger partial charge in [0.05, 0.1) is 12.0 Å². The molecular weight excluding hydrogens is 515 g/mol. The zero-order valence-corrected chi connectivity index (χ0v) is 22.4. The second-order valence-corrected chi connectivity index (χ2v) is 10.1. The van der Waals surface area contributed by atoms with Crippen molar-refractivity contribution in [2.45, 2.75) is 50.1 Å². The van der Waals surface area contributed by atoms with E-state index in [-0.39, 0.29) is 0 Å². The maximum atomic E-state index is 10.6. The van der Waals surface area contributed by atoms with Gasteiger partial charge >= 0.3 is 12.1 Å². The van der Waals surface area contributed by atoms with Crippen LogP contribution < -0.4 is 10.1 Å². The normalized spacial score (nSPS) is 12.0. The number of carbonyl (C=O) groups is 1. The van der Waals surface area contributed by atoms with E-state index in [0.717, 1.165) is 46.3 Å². The molecule has 4 aromatic rings. The molecule has 0 bridgehead atoms. The Labute approximate surface area is 223 Å². The van der Waals surface area contributed by atoms with Crippen LogP contribution in [0.3, 0.4) is 0 Å². The highest BCUT2D eigenvalue weighted by molar-refractivity contribution is 8.00. The van der Waals surface area contributed by atoms with Gasteiger partial charge in [0, 0.05) is 23.6 Å². The molecule has 6 nitrogen and oxygen atoms in total. The summed E-state index contributed by atoms with van der Waals surface area (Å²) >= 11 is 1.85. The van der Waals surface area contributed by atoms with Gasteiger partial charge in [-0.1, -0.05) is 50.2 Å². The number of hydrogen-bond donors (Lipinski definition) is 2. The highest BCUT2D eigenvalue weighted by atomic mass is 32.2. The molecular formula is C28H30F3N3O3S. The summed E-state index contributed by atoms with van der Waals surface area (Å²) in [7, 11) is 1.73. The van der Waals surface area contributed by atoms with Crippen LogP contribution in [0.1, 0.15) is 31.4 Å². The summed E-state index contributed by atoms with van der Waals surface area (Å²) in [6, 6.07) is 21.0. The number of fused-ring (bicyclic) bond motifs is 1. The highest BCUT2D eigenvalue weighted by Crippen LogP contribution is 2.38. The lowest BCUT2D eigenvalue weighted by Crippen LogP contribution is -2.21. The number of benzene rings is 2. The summed E-state index contributed by atoms with van der Waals surface area (Å²) in [5.74, 6) is -0.841. The maximum Gasteiger partial charge on any atom is 0.490 e. The molecule has 10 heteroatoms. The average Bonchev–Trinajstić information content (AvgIpc) is 3.25. The Kier molecular flexibility index (Phi) is 9.68. The van der Waals surface area contributed by atoms with Crippen LogP contribution in [0.5, 0.6) is 5.75 Å². The van der Waals surface area contributed by atoms with Crippen molar-refractivity contribution in [3.63, 3.8) is 0 Å². The Morgan fingerprint density at radius 2 is 1.84 bits per heavy atom. The van der Waals surface area contributed by atoms with Crippen LogP contribution in [0.15, 0.2) is 71.8 Å². The average molecular weight is 546 g/mol. The van der Waals surface area contributed by atoms with Gasteiger partial charge in [-0.05, 0) is 48.7 Å². The third-order valence-electron chi connectivity index (χ3n) is 5.65. The summed E-state index contributed by atoms with van der Waals surface area (Å²) < 4.78 is 39.5. The fourth-order valence-corrected chi connectivity index (χ4v) is 4.58. The van der Waals surface area contributed by atoms with Crippen molar-refractivity contribution in [1.82, 2.24) is 9.38 Å². The number of methoxy groups -OCH3 is 1. The number of halogens is 3. The van der Waals surface area contributed by atoms with Crippen LogP contribution in [0.4, 0.5) is 19.0 Å². The number of thioether (sulfide) groups is 1. The van der Waals surface area contributed by atoms with Gasteiger partial charge in [-0.2, -0.15) is 13.2 Å². The van der Waals surface area contributed by atoms with E-state index in [9.17, 15) is 13.2 Å². The van der Waals surface area contributed by atoms with E-state index >= 15 is 0 Å². The lowest BCUT2D eigenvalue weighted by Gasteiger charge is -2.14. The maximum absolute atomic E-state index is 10.6. The molecule has 0 amide bonds. The quantitative estimate of drug-likeness (QED) is 0.224. The molecule has 1 unspecified atom stereocenters. The fraction of sp³-hybridized carbons (Fsp3) is 0.286. The molecule has 0 saturated carbocycles. The lowest BCUT2D eigenvalue weighted by atomic mass is 10.1. The van der Waals surface area contributed by atoms with Crippen LogP contribution in [0.2, 0.25) is 0 Å². The van der Waals surface area contributed by atoms with Crippen molar-refractivity contribution in [2.75, 3.05) is 12.4 Å². The Morgan fingerprint density at radius 1 is 1.16 bits per heavy atom. The third-order valence-corrected chi connectivity index (χ3v) is 6.96. The first-order valence-electron chi connectivity index (χ1n) is 11.9. The molecule has 0 aliphatic rings. The molecule has 0 aliphatic heterocycles. The molecule has 4 rings (SSSR count). The van der Waals surface area contributed by atoms with Crippen molar-refractivity contribution in [3.8, 4) is 17.0 Å². The van der Waals surface area contributed by atoms with Crippen LogP contribution in [-0.2, 0) is 11.3 Å². The number of rotatable bonds is 8. The number of pyridine rings is 1. The minimum Gasteiger partial charge on any atom is -0.496 e. The minimum atomic E-state index is -5.08. The Balaban J connectivity index is 0.000000505. The molecule has 0 fully saturated rings. The van der Waals surface area contributed by atoms with E-state index in [1.54, 1.807) is 7.11 Å². The van der Waals surface area contributed by atoms with Gasteiger partial charge in [0.1, 0.15) is 22.9 Å². The Bertz CT molecular complexity index is 1370. The van der Waals surface area contributed by atoms with Crippen LogP contribution >= 0.6 is 11.8 Å². The van der Waals surface area contributed by atoms with Gasteiger partial charge < -0.3 is 15.2 Å². The number of carboxylic acid groups (broad SMARTS) is 1. The molecule has 0 radical (unpaired) electrons. The summed E-state index contributed by atoms with van der Waals surface area (Å²) in [6.07, 6.45) is -1.84. The predicted octanol–water partition coefficient (Wildman–Crippen LogP) is 7.45. The number of aromatic nitrogens is 2. The Hall–Kier alpha value is -3.66. The van der Waals surface area contributed by atoms with Gasteiger partial charge in [-0.25, -0.2) is 9.78 Å². The van der Waals surface area contributed by atoms with Crippen molar-refractivity contribution < 1.29 is 27.8 Å². The Morgan fingerprint density at radius 3 is 2.45 bits per heavy atom. The number of carboxylic acids is 1. The number of nitrogens with one attached hydrogen (secondary N) is 1. The number of nitrogens with zero attached hydrogens (tertiary/aromatic N) is 2. The number of aliphatic carboxylic acids is 1. The van der Waals surface area contributed by atoms with Crippen LogP contribution in [-0.4, -0.2) is 39.0 Å². The van der Waals surface area contributed by atoms with Gasteiger partial charge in [-0.3, -0.25) is 4.40 Å². The number of alkyl halides is 3. The molecule has 2 aromatic heterocycles. The van der Waals surface area contributed by atoms with E-state index in [1.165, 1.54) is 11.1 Å². The molecule has 1 atom stereocenters. The van der Waals surface area contributed by atoms with Crippen LogP contribution in [0, 0.1) is 6.92 Å². The largest absolute Gasteiger partial charge is 0.496 e. The first kappa shape index (κ1) is 28.9. The van der Waals surface area contributed by atoms with E-state index < -0.39 is 12.1 Å². The van der Waals surface area contributed by atoms with Crippen molar-refractivity contribution in [1.29, 1.82) is 0 Å². The van der Waals surface area contributed by atoms with E-state index in [0.29, 0.717) is 5.25 Å². The zero-order valence-electron chi connectivity index (χ0n) is 21.5. The van der Waals surface area contributed by atoms with E-state index in [4.69, 9.17) is 19.6 Å². The van der Waals surface area contributed by atoms with Gasteiger partial charge in [0.15, 0.2) is 0 Å². The molecule has 0 aliphatic carbocycles. The SMILES string of the molecule is CCC(C)Sc1cc(-c2nc3ccc(C)cn3c2NCc2ccccc2)ccc1OC.O=C(O)C(F)(F)F. The van der Waals surface area contributed by atoms with Gasteiger partial charge in [0.2, 0.25) is 0 Å². The first-order chi connectivity index (χ1) is 18.0.